The topological polar surface area (TPSA) is 222 Å². The second-order valence-corrected chi connectivity index (χ2v) is 12.1. The molecule has 0 saturated carbocycles. The summed E-state index contributed by atoms with van der Waals surface area (Å²) in [6, 6.07) is 10.4. The van der Waals surface area contributed by atoms with Gasteiger partial charge in [0.25, 0.3) is 17.7 Å². The van der Waals surface area contributed by atoms with Crippen LogP contribution in [0.5, 0.6) is 0 Å². The monoisotopic (exact) mass is 628 g/mol. The van der Waals surface area contributed by atoms with Crippen LogP contribution in [0.2, 0.25) is 0 Å². The van der Waals surface area contributed by atoms with Crippen LogP contribution in [0.1, 0.15) is 22.8 Å². The minimum atomic E-state index is -3.15. The lowest BCUT2D eigenvalue weighted by atomic mass is 10.1. The highest BCUT2D eigenvalue weighted by Crippen LogP contribution is 2.24. The molecule has 2 aromatic carbocycles. The van der Waals surface area contributed by atoms with Crippen molar-refractivity contribution in [2.75, 3.05) is 48.0 Å². The number of urea groups is 1. The summed E-state index contributed by atoms with van der Waals surface area (Å²) in [6.45, 7) is 1.38. The maximum atomic E-state index is 13.5. The Labute approximate surface area is 251 Å². The van der Waals surface area contributed by atoms with Crippen LogP contribution in [0, 0.1) is 10.3 Å². The molecule has 44 heavy (non-hydrogen) atoms. The zero-order chi connectivity index (χ0) is 32.0. The van der Waals surface area contributed by atoms with E-state index >= 15 is 0 Å². The number of anilines is 2. The van der Waals surface area contributed by atoms with Gasteiger partial charge in [0.1, 0.15) is 5.84 Å². The zero-order valence-electron chi connectivity index (χ0n) is 23.3. The third-order valence-corrected chi connectivity index (χ3v) is 8.37. The number of amides is 5. The first-order valence-corrected chi connectivity index (χ1v) is 15.0. The molecule has 16 nitrogen and oxygen atoms in total. The molecule has 0 spiro atoms. The van der Waals surface area contributed by atoms with Crippen molar-refractivity contribution >= 4 is 56.8 Å². The van der Waals surface area contributed by atoms with Crippen molar-refractivity contribution in [1.29, 1.82) is 5.41 Å². The minimum Gasteiger partial charge on any atom is -0.449 e. The fourth-order valence-corrected chi connectivity index (χ4v) is 5.73. The maximum Gasteiger partial charge on any atom is 0.384 e. The normalized spacial score (nSPS) is 18.5. The number of nitrogens with one attached hydrogen (secondary N) is 3. The van der Waals surface area contributed by atoms with Crippen molar-refractivity contribution in [3.05, 3.63) is 64.6 Å². The third-order valence-electron chi connectivity index (χ3n) is 6.76. The smallest absolute Gasteiger partial charge is 0.384 e. The number of nitrogens with zero attached hydrogens (tertiary/aromatic N) is 3. The van der Waals surface area contributed by atoms with Crippen LogP contribution >= 0.6 is 0 Å². The predicted molar refractivity (Wildman–Crippen MR) is 155 cm³/mol. The number of carbonyl (C=O) groups excluding carboxylic acids is 5. The molecule has 4 rings (SSSR count). The second kappa shape index (κ2) is 13.5. The van der Waals surface area contributed by atoms with Gasteiger partial charge < -0.3 is 24.6 Å². The molecular formula is C27H28N6O10S. The number of rotatable bonds is 7. The van der Waals surface area contributed by atoms with Crippen LogP contribution in [0.25, 0.3) is 0 Å². The van der Waals surface area contributed by atoms with Crippen molar-refractivity contribution in [1.82, 2.24) is 10.2 Å². The molecule has 0 aliphatic carbocycles. The Bertz CT molecular complexity index is 1580. The van der Waals surface area contributed by atoms with Gasteiger partial charge in [0.15, 0.2) is 15.9 Å². The molecule has 3 N–H and O–H groups in total. The number of hydrogen-bond acceptors (Lipinski definition) is 11. The first-order chi connectivity index (χ1) is 20.9. The number of esters is 1. The van der Waals surface area contributed by atoms with Gasteiger partial charge in [0, 0.05) is 54.2 Å². The van der Waals surface area contributed by atoms with Crippen molar-refractivity contribution in [3.63, 3.8) is 0 Å². The van der Waals surface area contributed by atoms with E-state index < -0.39 is 51.7 Å². The Kier molecular flexibility index (Phi) is 9.80. The molecule has 5 amide bonds. The summed E-state index contributed by atoms with van der Waals surface area (Å²) in [4.78, 5) is 75.5. The number of hydrogen-bond donors (Lipinski definition) is 3. The molecule has 2 aliphatic rings. The lowest BCUT2D eigenvalue weighted by Crippen LogP contribution is -2.56. The van der Waals surface area contributed by atoms with Gasteiger partial charge in [-0.3, -0.25) is 29.9 Å². The SMILES string of the molecule is CC(=O)O[C@@H](C(=O)Nc1ccc(C(=N)NC(=O)N=O)cc1)[C@H]1OCCN(c2ccc(C(=O)N3CCS(=O)(=O)CC3)cc2)C1=O. The summed E-state index contributed by atoms with van der Waals surface area (Å²) in [5, 5.41) is 14.4. The maximum absolute atomic E-state index is 13.5. The molecular weight excluding hydrogens is 600 g/mol. The first-order valence-electron chi connectivity index (χ1n) is 13.2. The molecule has 2 aliphatic heterocycles. The van der Waals surface area contributed by atoms with E-state index in [-0.39, 0.29) is 54.9 Å². The first kappa shape index (κ1) is 31.9. The van der Waals surface area contributed by atoms with Gasteiger partial charge in [0.2, 0.25) is 6.10 Å². The summed E-state index contributed by atoms with van der Waals surface area (Å²) < 4.78 is 34.1. The fraction of sp³-hybridized carbons (Fsp3) is 0.333. The Balaban J connectivity index is 1.45. The molecule has 2 fully saturated rings. The molecule has 0 aromatic heterocycles. The highest BCUT2D eigenvalue weighted by Gasteiger charge is 2.42. The molecule has 232 valence electrons. The van der Waals surface area contributed by atoms with Crippen LogP contribution in [0.3, 0.4) is 0 Å². The highest BCUT2D eigenvalue weighted by atomic mass is 32.2. The summed E-state index contributed by atoms with van der Waals surface area (Å²) in [7, 11) is -3.15. The summed E-state index contributed by atoms with van der Waals surface area (Å²) in [5.74, 6) is -3.31. The van der Waals surface area contributed by atoms with Gasteiger partial charge in [-0.15, -0.1) is 4.91 Å². The van der Waals surface area contributed by atoms with Crippen molar-refractivity contribution < 1.29 is 41.9 Å². The summed E-state index contributed by atoms with van der Waals surface area (Å²) in [5.41, 5.74) is 1.12. The molecule has 0 bridgehead atoms. The van der Waals surface area contributed by atoms with Crippen LogP contribution in [0.15, 0.2) is 53.7 Å². The average Bonchev–Trinajstić information content (AvgIpc) is 3.00. The van der Waals surface area contributed by atoms with Gasteiger partial charge in [-0.25, -0.2) is 13.2 Å². The molecule has 2 heterocycles. The van der Waals surface area contributed by atoms with Gasteiger partial charge in [-0.1, -0.05) is 0 Å². The Morgan fingerprint density at radius 1 is 1.00 bits per heavy atom. The second-order valence-electron chi connectivity index (χ2n) is 9.77. The van der Waals surface area contributed by atoms with E-state index in [0.717, 1.165) is 6.92 Å². The largest absolute Gasteiger partial charge is 0.449 e. The van der Waals surface area contributed by atoms with Gasteiger partial charge in [-0.2, -0.15) is 0 Å². The van der Waals surface area contributed by atoms with Crippen LogP contribution in [-0.2, 0) is 33.7 Å². The molecule has 0 radical (unpaired) electrons. The van der Waals surface area contributed by atoms with E-state index in [1.165, 1.54) is 46.2 Å². The number of ether oxygens (including phenoxy) is 2. The predicted octanol–water partition coefficient (Wildman–Crippen LogP) is 0.661. The Morgan fingerprint density at radius 2 is 1.61 bits per heavy atom. The van der Waals surface area contributed by atoms with E-state index in [0.29, 0.717) is 11.3 Å². The molecule has 2 aromatic rings. The summed E-state index contributed by atoms with van der Waals surface area (Å²) >= 11 is 0. The van der Waals surface area contributed by atoms with Crippen molar-refractivity contribution in [2.45, 2.75) is 19.1 Å². The van der Waals surface area contributed by atoms with E-state index in [1.807, 2.05) is 5.32 Å². The van der Waals surface area contributed by atoms with Gasteiger partial charge in [0.05, 0.1) is 18.1 Å². The molecule has 2 saturated heterocycles. The number of amidine groups is 1. The number of benzene rings is 2. The van der Waals surface area contributed by atoms with Gasteiger partial charge >= 0.3 is 12.0 Å². The van der Waals surface area contributed by atoms with E-state index in [9.17, 15) is 37.3 Å². The van der Waals surface area contributed by atoms with Gasteiger partial charge in [-0.05, 0) is 48.5 Å². The Morgan fingerprint density at radius 3 is 2.20 bits per heavy atom. The van der Waals surface area contributed by atoms with Crippen LogP contribution < -0.4 is 15.5 Å². The van der Waals surface area contributed by atoms with Crippen molar-refractivity contribution in [3.8, 4) is 0 Å². The zero-order valence-corrected chi connectivity index (χ0v) is 24.2. The number of sulfone groups is 1. The molecule has 2 atom stereocenters. The highest BCUT2D eigenvalue weighted by molar-refractivity contribution is 7.91. The molecule has 17 heteroatoms. The van der Waals surface area contributed by atoms with E-state index in [4.69, 9.17) is 14.9 Å². The fourth-order valence-electron chi connectivity index (χ4n) is 4.53. The number of carbonyl (C=O) groups is 5. The summed E-state index contributed by atoms with van der Waals surface area (Å²) in [6.07, 6.45) is -3.17. The third kappa shape index (κ3) is 7.67. The quantitative estimate of drug-likeness (QED) is 0.168. The van der Waals surface area contributed by atoms with Crippen LogP contribution in [-0.4, -0.2) is 98.8 Å². The lowest BCUT2D eigenvalue weighted by Gasteiger charge is -2.35. The minimum absolute atomic E-state index is 0.00254. The lowest BCUT2D eigenvalue weighted by molar-refractivity contribution is -0.167. The average molecular weight is 629 g/mol. The van der Waals surface area contributed by atoms with E-state index in [1.54, 1.807) is 12.1 Å². The Hall–Kier alpha value is -5.03. The standard InChI is InChI=1S/C27H28N6O10S/c1-16(34)43-21(24(35)29-19-6-2-17(3-7-19)23(28)30-27(38)31-39)22-26(37)33(10-13-42-22)20-8-4-18(5-9-20)25(36)32-11-14-44(40,41)15-12-32/h2-9,21-22H,10-15H2,1H3,(H,29,35)(H2,28,30,38)/t21-,22-/m1/s1. The van der Waals surface area contributed by atoms with Crippen LogP contribution in [0.4, 0.5) is 16.2 Å². The number of morpholine rings is 1. The van der Waals surface area contributed by atoms with Crippen molar-refractivity contribution in [2.24, 2.45) is 5.18 Å². The molecule has 0 unspecified atom stereocenters. The van der Waals surface area contributed by atoms with E-state index in [2.05, 4.69) is 10.5 Å². The number of nitroso groups, excluding NO2 is 1.